The molecule has 1 saturated heterocycles. The highest BCUT2D eigenvalue weighted by molar-refractivity contribution is 5.83. The zero-order valence-corrected chi connectivity index (χ0v) is 14.5. The van der Waals surface area contributed by atoms with Crippen molar-refractivity contribution in [3.8, 4) is 5.75 Å². The summed E-state index contributed by atoms with van der Waals surface area (Å²) in [6.07, 6.45) is -4.53. The van der Waals surface area contributed by atoms with E-state index < -0.39 is 29.1 Å². The molecule has 4 nitrogen and oxygen atoms in total. The van der Waals surface area contributed by atoms with Crippen LogP contribution in [0.25, 0.3) is 0 Å². The monoisotopic (exact) mass is 344 g/mol. The fourth-order valence-corrected chi connectivity index (χ4v) is 2.62. The molecule has 1 N–H and O–H groups in total. The van der Waals surface area contributed by atoms with Gasteiger partial charge in [-0.15, -0.1) is 0 Å². The van der Waals surface area contributed by atoms with Crippen LogP contribution in [0.5, 0.6) is 5.75 Å². The number of amides is 1. The number of alkyl halides is 3. The maximum Gasteiger partial charge on any atom is 0.409 e. The Morgan fingerprint density at radius 2 is 1.88 bits per heavy atom. The average Bonchev–Trinajstić information content (AvgIpc) is 2.59. The fourth-order valence-electron chi connectivity index (χ4n) is 2.62. The van der Waals surface area contributed by atoms with Crippen LogP contribution in [0.4, 0.5) is 13.2 Å². The Morgan fingerprint density at radius 1 is 1.25 bits per heavy atom. The van der Waals surface area contributed by atoms with Crippen molar-refractivity contribution in [2.24, 2.45) is 5.41 Å². The quantitative estimate of drug-likeness (QED) is 0.906. The summed E-state index contributed by atoms with van der Waals surface area (Å²) >= 11 is 0. The molecule has 1 aromatic carbocycles. The van der Waals surface area contributed by atoms with E-state index >= 15 is 0 Å². The number of carbonyl (C=O) groups excluding carboxylic acids is 1. The molecule has 1 unspecified atom stereocenters. The third-order valence-corrected chi connectivity index (χ3v) is 3.65. The molecular formula is C17H23F3N2O2. The van der Waals surface area contributed by atoms with E-state index in [1.807, 2.05) is 20.8 Å². The van der Waals surface area contributed by atoms with Gasteiger partial charge in [0.1, 0.15) is 17.4 Å². The zero-order valence-electron chi connectivity index (χ0n) is 14.5. The third kappa shape index (κ3) is 4.20. The summed E-state index contributed by atoms with van der Waals surface area (Å²) in [7, 11) is 0. The Labute approximate surface area is 139 Å². The summed E-state index contributed by atoms with van der Waals surface area (Å²) in [5.41, 5.74) is 0.991. The first-order valence-electron chi connectivity index (χ1n) is 7.73. The topological polar surface area (TPSA) is 41.6 Å². The average molecular weight is 344 g/mol. The lowest BCUT2D eigenvalue weighted by molar-refractivity contribution is -0.191. The van der Waals surface area contributed by atoms with Gasteiger partial charge in [-0.3, -0.25) is 10.2 Å². The molecule has 0 radical (unpaired) electrons. The lowest BCUT2D eigenvalue weighted by Gasteiger charge is -2.30. The van der Waals surface area contributed by atoms with E-state index in [9.17, 15) is 18.0 Å². The molecule has 0 spiro atoms. The first-order valence-corrected chi connectivity index (χ1v) is 7.73. The van der Waals surface area contributed by atoms with Crippen molar-refractivity contribution in [2.75, 3.05) is 6.54 Å². The van der Waals surface area contributed by atoms with E-state index in [4.69, 9.17) is 4.74 Å². The van der Waals surface area contributed by atoms with Gasteiger partial charge in [-0.2, -0.15) is 13.2 Å². The maximum absolute atomic E-state index is 13.7. The highest BCUT2D eigenvalue weighted by Gasteiger charge is 2.51. The van der Waals surface area contributed by atoms with E-state index in [0.29, 0.717) is 5.75 Å². The van der Waals surface area contributed by atoms with Crippen molar-refractivity contribution >= 4 is 5.91 Å². The number of hydrazine groups is 1. The molecule has 0 saturated carbocycles. The van der Waals surface area contributed by atoms with E-state index in [1.54, 1.807) is 19.9 Å². The zero-order chi connectivity index (χ0) is 18.3. The first kappa shape index (κ1) is 18.6. The Morgan fingerprint density at radius 3 is 2.33 bits per heavy atom. The second-order valence-electron chi connectivity index (χ2n) is 7.68. The van der Waals surface area contributed by atoms with Gasteiger partial charge in [0.15, 0.2) is 0 Å². The highest BCUT2D eigenvalue weighted by atomic mass is 19.4. The molecule has 1 amide bonds. The normalized spacial score (nSPS) is 19.9. The molecule has 0 aliphatic carbocycles. The van der Waals surface area contributed by atoms with Crippen molar-refractivity contribution < 1.29 is 22.7 Å². The molecule has 1 atom stereocenters. The van der Waals surface area contributed by atoms with Crippen LogP contribution in [0, 0.1) is 5.41 Å². The number of rotatable bonds is 3. The van der Waals surface area contributed by atoms with Crippen molar-refractivity contribution in [1.29, 1.82) is 0 Å². The van der Waals surface area contributed by atoms with E-state index in [-0.39, 0.29) is 12.1 Å². The van der Waals surface area contributed by atoms with Gasteiger partial charge in [0, 0.05) is 6.54 Å². The first-order chi connectivity index (χ1) is 10.8. The van der Waals surface area contributed by atoms with E-state index in [1.165, 1.54) is 18.2 Å². The SMILES string of the molecule is CC(C)(C)Oc1cccc(C(N2CC(C)(C)C(=O)N2)C(F)(F)F)c1. The van der Waals surface area contributed by atoms with Crippen molar-refractivity contribution in [3.63, 3.8) is 0 Å². The van der Waals surface area contributed by atoms with Gasteiger partial charge in [-0.1, -0.05) is 12.1 Å². The van der Waals surface area contributed by atoms with Gasteiger partial charge < -0.3 is 4.74 Å². The largest absolute Gasteiger partial charge is 0.488 e. The van der Waals surface area contributed by atoms with Crippen molar-refractivity contribution in [2.45, 2.75) is 52.4 Å². The summed E-state index contributed by atoms with van der Waals surface area (Å²) in [6.45, 7) is 8.68. The molecule has 134 valence electrons. The summed E-state index contributed by atoms with van der Waals surface area (Å²) < 4.78 is 46.7. The molecule has 7 heteroatoms. The van der Waals surface area contributed by atoms with Crippen LogP contribution in [-0.2, 0) is 4.79 Å². The molecule has 1 fully saturated rings. The van der Waals surface area contributed by atoms with E-state index in [2.05, 4.69) is 5.43 Å². The van der Waals surface area contributed by atoms with E-state index in [0.717, 1.165) is 5.01 Å². The van der Waals surface area contributed by atoms with Gasteiger partial charge >= 0.3 is 6.18 Å². The number of nitrogens with zero attached hydrogens (tertiary/aromatic N) is 1. The van der Waals surface area contributed by atoms with Gasteiger partial charge in [-0.25, -0.2) is 5.01 Å². The minimum absolute atomic E-state index is 0.0274. The van der Waals surface area contributed by atoms with Crippen LogP contribution in [0.15, 0.2) is 24.3 Å². The van der Waals surface area contributed by atoms with Gasteiger partial charge in [-0.05, 0) is 52.3 Å². The number of nitrogens with one attached hydrogen (secondary N) is 1. The van der Waals surface area contributed by atoms with Crippen LogP contribution < -0.4 is 10.2 Å². The summed E-state index contributed by atoms with van der Waals surface area (Å²) in [4.78, 5) is 11.9. The number of halogens is 3. The van der Waals surface area contributed by atoms with Gasteiger partial charge in [0.2, 0.25) is 5.91 Å². The molecule has 0 bridgehead atoms. The number of carbonyl (C=O) groups is 1. The lowest BCUT2D eigenvalue weighted by Crippen LogP contribution is -2.43. The smallest absolute Gasteiger partial charge is 0.409 e. The maximum atomic E-state index is 13.7. The third-order valence-electron chi connectivity index (χ3n) is 3.65. The Balaban J connectivity index is 2.37. The standard InChI is InChI=1S/C17H23F3N2O2/c1-15(2,3)24-12-8-6-7-11(9-12)13(17(18,19)20)22-10-16(4,5)14(23)21-22/h6-9,13H,10H2,1-5H3,(H,21,23). The van der Waals surface area contributed by atoms with Crippen LogP contribution in [0.1, 0.15) is 46.2 Å². The van der Waals surface area contributed by atoms with Crippen LogP contribution in [0.3, 0.4) is 0 Å². The minimum Gasteiger partial charge on any atom is -0.488 e. The molecule has 1 heterocycles. The predicted octanol–water partition coefficient (Wildman–Crippen LogP) is 3.84. The van der Waals surface area contributed by atoms with Crippen LogP contribution in [0.2, 0.25) is 0 Å². The fraction of sp³-hybridized carbons (Fsp3) is 0.588. The minimum atomic E-state index is -4.53. The second kappa shape index (κ2) is 5.95. The molecule has 24 heavy (non-hydrogen) atoms. The number of ether oxygens (including phenoxy) is 1. The summed E-state index contributed by atoms with van der Waals surface area (Å²) in [6, 6.07) is 3.99. The molecular weight excluding hydrogens is 321 g/mol. The molecule has 1 aliphatic heterocycles. The Bertz CT molecular complexity index is 621. The summed E-state index contributed by atoms with van der Waals surface area (Å²) in [5.74, 6) is -0.0575. The van der Waals surface area contributed by atoms with Crippen molar-refractivity contribution in [1.82, 2.24) is 10.4 Å². The van der Waals surface area contributed by atoms with Crippen molar-refractivity contribution in [3.05, 3.63) is 29.8 Å². The van der Waals surface area contributed by atoms with Crippen LogP contribution in [-0.4, -0.2) is 29.2 Å². The molecule has 2 rings (SSSR count). The number of hydrogen-bond acceptors (Lipinski definition) is 3. The number of benzene rings is 1. The van der Waals surface area contributed by atoms with Crippen LogP contribution >= 0.6 is 0 Å². The lowest BCUT2D eigenvalue weighted by atomic mass is 9.93. The van der Waals surface area contributed by atoms with Gasteiger partial charge in [0.25, 0.3) is 0 Å². The summed E-state index contributed by atoms with van der Waals surface area (Å²) in [5, 5.41) is 0.957. The highest BCUT2D eigenvalue weighted by Crippen LogP contribution is 2.41. The predicted molar refractivity (Wildman–Crippen MR) is 84.2 cm³/mol. The molecule has 1 aromatic rings. The molecule has 1 aliphatic rings. The molecule has 0 aromatic heterocycles. The Hall–Kier alpha value is -1.76. The number of hydrogen-bond donors (Lipinski definition) is 1. The Kier molecular flexibility index (Phi) is 4.61. The van der Waals surface area contributed by atoms with Gasteiger partial charge in [0.05, 0.1) is 5.41 Å². The second-order valence-corrected chi connectivity index (χ2v) is 7.68.